The first-order valence-corrected chi connectivity index (χ1v) is 9.20. The molecule has 1 aliphatic heterocycles. The number of rotatable bonds is 5. The van der Waals surface area contributed by atoms with E-state index in [1.54, 1.807) is 24.8 Å². The lowest BCUT2D eigenvalue weighted by atomic mass is 10.1. The number of hydrogen-bond donors (Lipinski definition) is 2. The standard InChI is InChI=1S/C19H23F2N5O2/c1-3-28-19(27)26-8-6-13(7-9-26)24-17-11-18(23-12(2)22-17)25-14-4-5-15(20)16(21)10-14/h4-5,10-11,13H,3,6-9H2,1-2H3,(H2,22,23,24,25). The maximum atomic E-state index is 13.4. The predicted molar refractivity (Wildman–Crippen MR) is 102 cm³/mol. The molecule has 2 aromatic rings. The van der Waals surface area contributed by atoms with Crippen LogP contribution in [0, 0.1) is 18.6 Å². The zero-order chi connectivity index (χ0) is 20.1. The smallest absolute Gasteiger partial charge is 0.409 e. The third-order valence-corrected chi connectivity index (χ3v) is 4.40. The van der Waals surface area contributed by atoms with Gasteiger partial charge in [0, 0.05) is 37.0 Å². The van der Waals surface area contributed by atoms with Crippen molar-refractivity contribution in [2.24, 2.45) is 0 Å². The lowest BCUT2D eigenvalue weighted by molar-refractivity contribution is 0.0983. The van der Waals surface area contributed by atoms with Gasteiger partial charge in [0.05, 0.1) is 6.61 Å². The molecule has 1 fully saturated rings. The third kappa shape index (κ3) is 5.05. The molecule has 0 radical (unpaired) electrons. The summed E-state index contributed by atoms with van der Waals surface area (Å²) >= 11 is 0. The Hall–Kier alpha value is -2.97. The van der Waals surface area contributed by atoms with E-state index in [9.17, 15) is 13.6 Å². The highest BCUT2D eigenvalue weighted by molar-refractivity contribution is 5.67. The van der Waals surface area contributed by atoms with Gasteiger partial charge in [-0.25, -0.2) is 23.5 Å². The highest BCUT2D eigenvalue weighted by Gasteiger charge is 2.23. The fraction of sp³-hybridized carbons (Fsp3) is 0.421. The number of anilines is 3. The molecule has 3 rings (SSSR count). The number of benzene rings is 1. The summed E-state index contributed by atoms with van der Waals surface area (Å²) in [4.78, 5) is 22.1. The van der Waals surface area contributed by atoms with Crippen molar-refractivity contribution in [3.63, 3.8) is 0 Å². The lowest BCUT2D eigenvalue weighted by Crippen LogP contribution is -2.42. The number of piperidine rings is 1. The minimum Gasteiger partial charge on any atom is -0.450 e. The molecule has 1 aromatic heterocycles. The molecule has 1 saturated heterocycles. The molecule has 2 N–H and O–H groups in total. The van der Waals surface area contributed by atoms with Gasteiger partial charge in [-0.15, -0.1) is 0 Å². The Bertz CT molecular complexity index is 841. The van der Waals surface area contributed by atoms with Crippen LogP contribution in [-0.4, -0.2) is 46.7 Å². The fourth-order valence-corrected chi connectivity index (χ4v) is 3.06. The van der Waals surface area contributed by atoms with Crippen LogP contribution in [0.2, 0.25) is 0 Å². The summed E-state index contributed by atoms with van der Waals surface area (Å²) < 4.78 is 31.5. The normalized spacial score (nSPS) is 14.6. The summed E-state index contributed by atoms with van der Waals surface area (Å²) in [5, 5.41) is 6.32. The van der Waals surface area contributed by atoms with Crippen LogP contribution in [0.4, 0.5) is 30.9 Å². The molecule has 28 heavy (non-hydrogen) atoms. The molecule has 1 amide bonds. The first-order chi connectivity index (χ1) is 13.4. The maximum Gasteiger partial charge on any atom is 0.409 e. The van der Waals surface area contributed by atoms with Crippen molar-refractivity contribution in [2.45, 2.75) is 32.7 Å². The second-order valence-electron chi connectivity index (χ2n) is 6.54. The number of nitrogens with zero attached hydrogens (tertiary/aromatic N) is 3. The Morgan fingerprint density at radius 1 is 1.18 bits per heavy atom. The van der Waals surface area contributed by atoms with Gasteiger partial charge in [-0.3, -0.25) is 0 Å². The van der Waals surface area contributed by atoms with Gasteiger partial charge < -0.3 is 20.3 Å². The van der Waals surface area contributed by atoms with Crippen LogP contribution in [0.15, 0.2) is 24.3 Å². The Labute approximate surface area is 162 Å². The van der Waals surface area contributed by atoms with Crippen molar-refractivity contribution < 1.29 is 18.3 Å². The van der Waals surface area contributed by atoms with Crippen LogP contribution in [0.3, 0.4) is 0 Å². The van der Waals surface area contributed by atoms with Crippen molar-refractivity contribution in [1.82, 2.24) is 14.9 Å². The highest BCUT2D eigenvalue weighted by Crippen LogP contribution is 2.21. The van der Waals surface area contributed by atoms with E-state index in [2.05, 4.69) is 20.6 Å². The molecule has 0 saturated carbocycles. The van der Waals surface area contributed by atoms with Gasteiger partial charge in [0.1, 0.15) is 17.5 Å². The first kappa shape index (κ1) is 19.8. The molecular weight excluding hydrogens is 368 g/mol. The molecule has 0 bridgehead atoms. The van der Waals surface area contributed by atoms with Crippen LogP contribution < -0.4 is 10.6 Å². The summed E-state index contributed by atoms with van der Waals surface area (Å²) in [6, 6.07) is 5.45. The SMILES string of the molecule is CCOC(=O)N1CCC(Nc2cc(Nc3ccc(F)c(F)c3)nc(C)n2)CC1. The summed E-state index contributed by atoms with van der Waals surface area (Å²) in [6.45, 7) is 5.13. The summed E-state index contributed by atoms with van der Waals surface area (Å²) in [6.07, 6.45) is 1.26. The molecule has 2 heterocycles. The summed E-state index contributed by atoms with van der Waals surface area (Å²) in [7, 11) is 0. The minimum atomic E-state index is -0.928. The fourth-order valence-electron chi connectivity index (χ4n) is 3.06. The van der Waals surface area contributed by atoms with Crippen LogP contribution >= 0.6 is 0 Å². The van der Waals surface area contributed by atoms with E-state index in [1.165, 1.54) is 6.07 Å². The van der Waals surface area contributed by atoms with Gasteiger partial charge in [-0.2, -0.15) is 0 Å². The van der Waals surface area contributed by atoms with Crippen molar-refractivity contribution in [3.05, 3.63) is 41.7 Å². The molecule has 0 unspecified atom stereocenters. The van der Waals surface area contributed by atoms with Crippen molar-refractivity contribution in [2.75, 3.05) is 30.3 Å². The Morgan fingerprint density at radius 2 is 1.89 bits per heavy atom. The zero-order valence-corrected chi connectivity index (χ0v) is 15.8. The predicted octanol–water partition coefficient (Wildman–Crippen LogP) is 3.84. The first-order valence-electron chi connectivity index (χ1n) is 9.20. The molecular formula is C19H23F2N5O2. The molecule has 1 aliphatic rings. The maximum absolute atomic E-state index is 13.4. The second-order valence-corrected chi connectivity index (χ2v) is 6.54. The molecule has 0 aliphatic carbocycles. The van der Waals surface area contributed by atoms with E-state index >= 15 is 0 Å². The summed E-state index contributed by atoms with van der Waals surface area (Å²) in [5.74, 6) is -0.181. The number of nitrogens with one attached hydrogen (secondary N) is 2. The average molecular weight is 391 g/mol. The number of carbonyl (C=O) groups is 1. The summed E-state index contributed by atoms with van der Waals surface area (Å²) in [5.41, 5.74) is 0.394. The van der Waals surface area contributed by atoms with Crippen molar-refractivity contribution in [1.29, 1.82) is 0 Å². The molecule has 0 spiro atoms. The van der Waals surface area contributed by atoms with E-state index in [0.29, 0.717) is 42.8 Å². The van der Waals surface area contributed by atoms with E-state index in [-0.39, 0.29) is 12.1 Å². The number of ether oxygens (including phenoxy) is 1. The molecule has 7 nitrogen and oxygen atoms in total. The zero-order valence-electron chi connectivity index (χ0n) is 15.8. The largest absolute Gasteiger partial charge is 0.450 e. The van der Waals surface area contributed by atoms with Crippen molar-refractivity contribution in [3.8, 4) is 0 Å². The van der Waals surface area contributed by atoms with Gasteiger partial charge in [-0.05, 0) is 38.8 Å². The number of aromatic nitrogens is 2. The molecule has 0 atom stereocenters. The molecule has 150 valence electrons. The van der Waals surface area contributed by atoms with Gasteiger partial charge in [0.25, 0.3) is 0 Å². The number of amides is 1. The highest BCUT2D eigenvalue weighted by atomic mass is 19.2. The average Bonchev–Trinajstić information content (AvgIpc) is 2.65. The van der Waals surface area contributed by atoms with Gasteiger partial charge >= 0.3 is 6.09 Å². The van der Waals surface area contributed by atoms with Gasteiger partial charge in [0.15, 0.2) is 11.6 Å². The Kier molecular flexibility index (Phi) is 6.23. The van der Waals surface area contributed by atoms with Crippen LogP contribution in [-0.2, 0) is 4.74 Å². The lowest BCUT2D eigenvalue weighted by Gasteiger charge is -2.31. The number of halogens is 2. The quantitative estimate of drug-likeness (QED) is 0.806. The van der Waals surface area contributed by atoms with Gasteiger partial charge in [-0.1, -0.05) is 0 Å². The third-order valence-electron chi connectivity index (χ3n) is 4.40. The number of carbonyl (C=O) groups excluding carboxylic acids is 1. The molecule has 1 aromatic carbocycles. The van der Waals surface area contributed by atoms with Crippen LogP contribution in [0.5, 0.6) is 0 Å². The number of aryl methyl sites for hydroxylation is 1. The van der Waals surface area contributed by atoms with E-state index in [0.717, 1.165) is 25.0 Å². The van der Waals surface area contributed by atoms with Crippen molar-refractivity contribution >= 4 is 23.4 Å². The number of hydrogen-bond acceptors (Lipinski definition) is 6. The Morgan fingerprint density at radius 3 is 2.57 bits per heavy atom. The van der Waals surface area contributed by atoms with Crippen LogP contribution in [0.25, 0.3) is 0 Å². The second kappa shape index (κ2) is 8.81. The van der Waals surface area contributed by atoms with Crippen LogP contribution in [0.1, 0.15) is 25.6 Å². The minimum absolute atomic E-state index is 0.163. The van der Waals surface area contributed by atoms with E-state index < -0.39 is 11.6 Å². The Balaban J connectivity index is 1.62. The van der Waals surface area contributed by atoms with E-state index in [4.69, 9.17) is 4.74 Å². The number of likely N-dealkylation sites (tertiary alicyclic amines) is 1. The topological polar surface area (TPSA) is 79.4 Å². The monoisotopic (exact) mass is 391 g/mol. The van der Waals surface area contributed by atoms with E-state index in [1.807, 2.05) is 0 Å². The molecule has 9 heteroatoms. The van der Waals surface area contributed by atoms with Gasteiger partial charge in [0.2, 0.25) is 0 Å².